The van der Waals surface area contributed by atoms with Crippen LogP contribution in [0.4, 0.5) is 5.69 Å². The Hall–Kier alpha value is -2.20. The van der Waals surface area contributed by atoms with Gasteiger partial charge in [-0.3, -0.25) is 4.79 Å². The molecule has 0 unspecified atom stereocenters. The number of amides is 1. The molecule has 108 valence electrons. The highest BCUT2D eigenvalue weighted by Gasteiger charge is 2.21. The first-order valence-corrected chi connectivity index (χ1v) is 7.08. The number of nitrogens with two attached hydrogens (primary N) is 1. The minimum atomic E-state index is -0.0720. The Bertz CT molecular complexity index is 688. The van der Waals surface area contributed by atoms with Crippen molar-refractivity contribution < 1.29 is 9.53 Å². The second kappa shape index (κ2) is 5.66. The van der Waals surface area contributed by atoms with E-state index in [9.17, 15) is 4.79 Å². The van der Waals surface area contributed by atoms with Crippen LogP contribution in [0.5, 0.6) is 5.75 Å². The van der Waals surface area contributed by atoms with Gasteiger partial charge in [0.1, 0.15) is 12.4 Å². The van der Waals surface area contributed by atoms with E-state index in [2.05, 4.69) is 0 Å². The SMILES string of the molecule is Nc1ccc(C(=O)N2CCOc3ccccc3C2)cc1Cl. The molecule has 3 rings (SSSR count). The summed E-state index contributed by atoms with van der Waals surface area (Å²) in [4.78, 5) is 14.4. The molecule has 2 N–H and O–H groups in total. The van der Waals surface area contributed by atoms with Crippen molar-refractivity contribution in [3.8, 4) is 5.75 Å². The van der Waals surface area contributed by atoms with Gasteiger partial charge in [-0.1, -0.05) is 29.8 Å². The zero-order valence-corrected chi connectivity index (χ0v) is 12.1. The van der Waals surface area contributed by atoms with Gasteiger partial charge in [-0.15, -0.1) is 0 Å². The van der Waals surface area contributed by atoms with E-state index >= 15 is 0 Å². The molecule has 0 saturated heterocycles. The standard InChI is InChI=1S/C16H15ClN2O2/c17-13-9-11(5-6-14(13)18)16(20)19-7-8-21-15-4-2-1-3-12(15)10-19/h1-6,9H,7-8,10,18H2. The average Bonchev–Trinajstić information content (AvgIpc) is 2.71. The van der Waals surface area contributed by atoms with Gasteiger partial charge < -0.3 is 15.4 Å². The molecule has 1 aliphatic rings. The van der Waals surface area contributed by atoms with Crippen LogP contribution in [0.3, 0.4) is 0 Å². The van der Waals surface area contributed by atoms with Gasteiger partial charge in [0.05, 0.1) is 17.3 Å². The molecule has 0 aromatic heterocycles. The lowest BCUT2D eigenvalue weighted by atomic mass is 10.1. The Morgan fingerprint density at radius 1 is 1.24 bits per heavy atom. The van der Waals surface area contributed by atoms with Crippen LogP contribution in [0.2, 0.25) is 5.02 Å². The highest BCUT2D eigenvalue weighted by Crippen LogP contribution is 2.25. The van der Waals surface area contributed by atoms with Gasteiger partial charge in [-0.05, 0) is 24.3 Å². The molecule has 0 aliphatic carbocycles. The predicted octanol–water partition coefficient (Wildman–Crippen LogP) is 2.96. The minimum absolute atomic E-state index is 0.0720. The second-order valence-electron chi connectivity index (χ2n) is 4.92. The molecule has 5 heteroatoms. The van der Waals surface area contributed by atoms with Crippen molar-refractivity contribution >= 4 is 23.2 Å². The van der Waals surface area contributed by atoms with Crippen molar-refractivity contribution in [2.24, 2.45) is 0 Å². The van der Waals surface area contributed by atoms with E-state index in [1.807, 2.05) is 24.3 Å². The fourth-order valence-electron chi connectivity index (χ4n) is 2.34. The van der Waals surface area contributed by atoms with Crippen LogP contribution in [0.25, 0.3) is 0 Å². The van der Waals surface area contributed by atoms with Gasteiger partial charge in [0.2, 0.25) is 0 Å². The molecule has 21 heavy (non-hydrogen) atoms. The molecule has 1 heterocycles. The number of nitrogen functional groups attached to an aromatic ring is 1. The summed E-state index contributed by atoms with van der Waals surface area (Å²) in [6, 6.07) is 12.7. The summed E-state index contributed by atoms with van der Waals surface area (Å²) in [5.41, 5.74) is 7.69. The number of benzene rings is 2. The summed E-state index contributed by atoms with van der Waals surface area (Å²) in [6.45, 7) is 1.54. The number of fused-ring (bicyclic) bond motifs is 1. The normalized spacial score (nSPS) is 14.0. The molecular formula is C16H15ClN2O2. The number of ether oxygens (including phenoxy) is 1. The van der Waals surface area contributed by atoms with Gasteiger partial charge >= 0.3 is 0 Å². The van der Waals surface area contributed by atoms with Crippen molar-refractivity contribution in [2.75, 3.05) is 18.9 Å². The summed E-state index contributed by atoms with van der Waals surface area (Å²) in [6.07, 6.45) is 0. The van der Waals surface area contributed by atoms with Crippen LogP contribution in [0, 0.1) is 0 Å². The van der Waals surface area contributed by atoms with E-state index in [1.54, 1.807) is 23.1 Å². The zero-order valence-electron chi connectivity index (χ0n) is 11.4. The molecule has 0 radical (unpaired) electrons. The molecular weight excluding hydrogens is 288 g/mol. The van der Waals surface area contributed by atoms with E-state index in [0.29, 0.717) is 36.0 Å². The Labute approximate surface area is 128 Å². The summed E-state index contributed by atoms with van der Waals surface area (Å²) >= 11 is 5.99. The maximum absolute atomic E-state index is 12.6. The maximum Gasteiger partial charge on any atom is 0.254 e. The lowest BCUT2D eigenvalue weighted by Gasteiger charge is -2.20. The van der Waals surface area contributed by atoms with Crippen molar-refractivity contribution in [2.45, 2.75) is 6.54 Å². The molecule has 0 atom stereocenters. The summed E-state index contributed by atoms with van der Waals surface area (Å²) in [7, 11) is 0. The van der Waals surface area contributed by atoms with E-state index in [4.69, 9.17) is 22.1 Å². The number of nitrogens with zero attached hydrogens (tertiary/aromatic N) is 1. The van der Waals surface area contributed by atoms with Crippen molar-refractivity contribution in [1.82, 2.24) is 4.90 Å². The molecule has 2 aromatic carbocycles. The number of hydrogen-bond donors (Lipinski definition) is 1. The number of para-hydroxylation sites is 1. The van der Waals surface area contributed by atoms with E-state index in [0.717, 1.165) is 11.3 Å². The number of rotatable bonds is 1. The highest BCUT2D eigenvalue weighted by atomic mass is 35.5. The lowest BCUT2D eigenvalue weighted by molar-refractivity contribution is 0.0733. The van der Waals surface area contributed by atoms with Gasteiger partial charge in [0.25, 0.3) is 5.91 Å². The number of carbonyl (C=O) groups excluding carboxylic acids is 1. The van der Waals surface area contributed by atoms with Crippen molar-refractivity contribution in [3.05, 3.63) is 58.6 Å². The topological polar surface area (TPSA) is 55.6 Å². The third-order valence-electron chi connectivity index (χ3n) is 3.49. The van der Waals surface area contributed by atoms with Crippen LogP contribution in [-0.2, 0) is 6.54 Å². The fraction of sp³-hybridized carbons (Fsp3) is 0.188. The van der Waals surface area contributed by atoms with E-state index in [1.165, 1.54) is 0 Å². The molecule has 4 nitrogen and oxygen atoms in total. The van der Waals surface area contributed by atoms with Crippen LogP contribution >= 0.6 is 11.6 Å². The van der Waals surface area contributed by atoms with Gasteiger partial charge in [0.15, 0.2) is 0 Å². The van der Waals surface area contributed by atoms with E-state index in [-0.39, 0.29) is 5.91 Å². The lowest BCUT2D eigenvalue weighted by Crippen LogP contribution is -2.32. The van der Waals surface area contributed by atoms with Crippen LogP contribution in [-0.4, -0.2) is 24.0 Å². The number of halogens is 1. The third-order valence-corrected chi connectivity index (χ3v) is 3.81. The monoisotopic (exact) mass is 302 g/mol. The predicted molar refractivity (Wildman–Crippen MR) is 82.5 cm³/mol. The second-order valence-corrected chi connectivity index (χ2v) is 5.33. The summed E-state index contributed by atoms with van der Waals surface area (Å²) < 4.78 is 5.67. The van der Waals surface area contributed by atoms with Gasteiger partial charge in [-0.2, -0.15) is 0 Å². The first-order valence-electron chi connectivity index (χ1n) is 6.70. The quantitative estimate of drug-likeness (QED) is 0.824. The van der Waals surface area contributed by atoms with Crippen LogP contribution in [0.1, 0.15) is 15.9 Å². The Morgan fingerprint density at radius 2 is 2.05 bits per heavy atom. The Balaban J connectivity index is 1.86. The molecule has 2 aromatic rings. The molecule has 0 saturated carbocycles. The maximum atomic E-state index is 12.6. The zero-order chi connectivity index (χ0) is 14.8. The Kier molecular flexibility index (Phi) is 3.71. The van der Waals surface area contributed by atoms with Crippen LogP contribution < -0.4 is 10.5 Å². The molecule has 0 bridgehead atoms. The highest BCUT2D eigenvalue weighted by molar-refractivity contribution is 6.33. The van der Waals surface area contributed by atoms with Crippen LogP contribution in [0.15, 0.2) is 42.5 Å². The van der Waals surface area contributed by atoms with E-state index < -0.39 is 0 Å². The largest absolute Gasteiger partial charge is 0.491 e. The smallest absolute Gasteiger partial charge is 0.254 e. The van der Waals surface area contributed by atoms with Gasteiger partial charge in [0, 0.05) is 17.7 Å². The Morgan fingerprint density at radius 3 is 2.86 bits per heavy atom. The summed E-state index contributed by atoms with van der Waals surface area (Å²) in [5.74, 6) is 0.764. The van der Waals surface area contributed by atoms with Crippen molar-refractivity contribution in [1.29, 1.82) is 0 Å². The number of hydrogen-bond acceptors (Lipinski definition) is 3. The average molecular weight is 303 g/mol. The summed E-state index contributed by atoms with van der Waals surface area (Å²) in [5, 5.41) is 0.396. The number of carbonyl (C=O) groups is 1. The minimum Gasteiger partial charge on any atom is -0.491 e. The molecule has 1 aliphatic heterocycles. The molecule has 0 spiro atoms. The van der Waals surface area contributed by atoms with Gasteiger partial charge in [-0.25, -0.2) is 0 Å². The van der Waals surface area contributed by atoms with Crippen molar-refractivity contribution in [3.63, 3.8) is 0 Å². The number of anilines is 1. The first-order chi connectivity index (χ1) is 10.1. The molecule has 1 amide bonds. The molecule has 0 fully saturated rings. The third kappa shape index (κ3) is 2.81. The fourth-order valence-corrected chi connectivity index (χ4v) is 2.52. The first kappa shape index (κ1) is 13.8.